The van der Waals surface area contributed by atoms with Crippen LogP contribution in [-0.2, 0) is 11.3 Å². The number of benzene rings is 1. The molecule has 3 aromatic rings. The summed E-state index contributed by atoms with van der Waals surface area (Å²) in [6.07, 6.45) is 2.86. The molecule has 8 heteroatoms. The van der Waals surface area contributed by atoms with Gasteiger partial charge >= 0.3 is 0 Å². The first-order valence-electron chi connectivity index (χ1n) is 12.3. The minimum Gasteiger partial charge on any atom is -0.379 e. The third-order valence-corrected chi connectivity index (χ3v) is 7.42. The minimum absolute atomic E-state index is 0.189. The molecule has 0 radical (unpaired) electrons. The highest BCUT2D eigenvalue weighted by Crippen LogP contribution is 2.43. The van der Waals surface area contributed by atoms with Crippen molar-refractivity contribution in [2.45, 2.75) is 38.9 Å². The maximum absolute atomic E-state index is 15.0. The maximum atomic E-state index is 15.0. The summed E-state index contributed by atoms with van der Waals surface area (Å²) in [6, 6.07) is 14.5. The van der Waals surface area contributed by atoms with Crippen LogP contribution in [0.2, 0.25) is 0 Å². The molecule has 0 spiro atoms. The van der Waals surface area contributed by atoms with E-state index in [9.17, 15) is 4.39 Å². The van der Waals surface area contributed by atoms with Crippen LogP contribution in [0.4, 0.5) is 10.1 Å². The summed E-state index contributed by atoms with van der Waals surface area (Å²) < 4.78 is 22.9. The van der Waals surface area contributed by atoms with Crippen LogP contribution in [0.3, 0.4) is 0 Å². The second-order valence-corrected chi connectivity index (χ2v) is 9.62. The van der Waals surface area contributed by atoms with E-state index in [1.54, 1.807) is 18.3 Å². The number of aryl methyl sites for hydroxylation is 1. The first-order valence-corrected chi connectivity index (χ1v) is 12.7. The van der Waals surface area contributed by atoms with Gasteiger partial charge in [-0.05, 0) is 68.4 Å². The number of hydrogen-bond donors (Lipinski definition) is 1. The molecule has 1 aromatic carbocycles. The van der Waals surface area contributed by atoms with E-state index in [2.05, 4.69) is 39.7 Å². The van der Waals surface area contributed by atoms with Gasteiger partial charge in [0, 0.05) is 43.8 Å². The predicted octanol–water partition coefficient (Wildman–Crippen LogP) is 4.54. The van der Waals surface area contributed by atoms with Crippen LogP contribution in [0.1, 0.15) is 41.1 Å². The molecule has 6 nitrogen and oxygen atoms in total. The molecule has 0 amide bonds. The summed E-state index contributed by atoms with van der Waals surface area (Å²) in [6.45, 7) is 9.95. The number of hydrogen-bond acceptors (Lipinski definition) is 4. The molecule has 0 unspecified atom stereocenters. The van der Waals surface area contributed by atoms with Crippen molar-refractivity contribution in [3.63, 3.8) is 0 Å². The normalized spacial score (nSPS) is 20.9. The summed E-state index contributed by atoms with van der Waals surface area (Å²) in [7, 11) is 0. The summed E-state index contributed by atoms with van der Waals surface area (Å²) in [4.78, 5) is 9.00. The topological polar surface area (TPSA) is 45.6 Å². The number of morpholine rings is 1. The van der Waals surface area contributed by atoms with Crippen molar-refractivity contribution >= 4 is 23.0 Å². The van der Waals surface area contributed by atoms with Gasteiger partial charge in [-0.3, -0.25) is 9.88 Å². The third kappa shape index (κ3) is 4.83. The molecule has 5 rings (SSSR count). The number of thiocarbonyl (C=S) groups is 1. The Morgan fingerprint density at radius 3 is 2.60 bits per heavy atom. The Kier molecular flexibility index (Phi) is 7.13. The SMILES string of the molecule is Cc1cc([C@H]2[C@@H](c3ccccn3)NC(=S)N2c2ccccc2F)c(C)n1CCCN1CCOCC1. The van der Waals surface area contributed by atoms with E-state index < -0.39 is 0 Å². The molecule has 0 aliphatic carbocycles. The summed E-state index contributed by atoms with van der Waals surface area (Å²) in [5, 5.41) is 3.94. The molecular weight excluding hydrogens is 461 g/mol. The Hall–Kier alpha value is -2.81. The molecule has 2 saturated heterocycles. The molecule has 0 saturated carbocycles. The standard InChI is InChI=1S/C27H32FN5OS/c1-19-18-21(20(2)32(19)13-7-12-31-14-16-34-17-15-31)26-25(23-9-5-6-11-29-23)30-27(35)33(26)24-10-4-3-8-22(24)28/h3-6,8-11,18,25-26H,7,12-17H2,1-2H3,(H,30,35)/t25-,26+/m1/s1. The van der Waals surface area contributed by atoms with E-state index in [0.717, 1.165) is 57.1 Å². The lowest BCUT2D eigenvalue weighted by Gasteiger charge is -2.28. The van der Waals surface area contributed by atoms with Crippen LogP contribution >= 0.6 is 12.2 Å². The monoisotopic (exact) mass is 493 g/mol. The van der Waals surface area contributed by atoms with Gasteiger partial charge in [0.25, 0.3) is 0 Å². The Morgan fingerprint density at radius 2 is 1.86 bits per heavy atom. The van der Waals surface area contributed by atoms with E-state index in [-0.39, 0.29) is 17.9 Å². The third-order valence-electron chi connectivity index (χ3n) is 7.10. The first kappa shape index (κ1) is 23.9. The molecule has 2 atom stereocenters. The molecule has 184 valence electrons. The number of rotatable bonds is 7. The lowest BCUT2D eigenvalue weighted by Crippen LogP contribution is -2.37. The Bertz CT molecular complexity index is 1180. The predicted molar refractivity (Wildman–Crippen MR) is 140 cm³/mol. The number of nitrogens with zero attached hydrogens (tertiary/aromatic N) is 4. The molecule has 1 N–H and O–H groups in total. The summed E-state index contributed by atoms with van der Waals surface area (Å²) in [5.74, 6) is -0.289. The molecule has 35 heavy (non-hydrogen) atoms. The Morgan fingerprint density at radius 1 is 1.09 bits per heavy atom. The van der Waals surface area contributed by atoms with E-state index in [1.807, 2.05) is 29.2 Å². The van der Waals surface area contributed by atoms with Crippen LogP contribution in [0, 0.1) is 19.7 Å². The molecule has 2 fully saturated rings. The minimum atomic E-state index is -0.289. The van der Waals surface area contributed by atoms with E-state index >= 15 is 0 Å². The zero-order valence-corrected chi connectivity index (χ0v) is 21.1. The fourth-order valence-corrected chi connectivity index (χ4v) is 5.66. The van der Waals surface area contributed by atoms with Gasteiger partial charge in [0.05, 0.1) is 36.7 Å². The highest BCUT2D eigenvalue weighted by atomic mass is 32.1. The van der Waals surface area contributed by atoms with E-state index in [1.165, 1.54) is 17.5 Å². The van der Waals surface area contributed by atoms with Crippen molar-refractivity contribution in [3.8, 4) is 0 Å². The fraction of sp³-hybridized carbons (Fsp3) is 0.407. The van der Waals surface area contributed by atoms with Gasteiger partial charge < -0.3 is 19.5 Å². The van der Waals surface area contributed by atoms with Gasteiger partial charge in [0.1, 0.15) is 5.82 Å². The number of para-hydroxylation sites is 1. The van der Waals surface area contributed by atoms with Gasteiger partial charge in [-0.15, -0.1) is 0 Å². The lowest BCUT2D eigenvalue weighted by molar-refractivity contribution is 0.0369. The number of ether oxygens (including phenoxy) is 1. The van der Waals surface area contributed by atoms with Crippen LogP contribution in [-0.4, -0.2) is 52.4 Å². The van der Waals surface area contributed by atoms with Crippen molar-refractivity contribution in [1.82, 2.24) is 19.8 Å². The largest absolute Gasteiger partial charge is 0.379 e. The molecular formula is C27H32FN5OS. The first-order chi connectivity index (χ1) is 17.0. The van der Waals surface area contributed by atoms with Crippen molar-refractivity contribution in [1.29, 1.82) is 0 Å². The summed E-state index contributed by atoms with van der Waals surface area (Å²) in [5.41, 5.74) is 4.88. The highest BCUT2D eigenvalue weighted by molar-refractivity contribution is 7.80. The Balaban J connectivity index is 1.48. The highest BCUT2D eigenvalue weighted by Gasteiger charge is 2.43. The molecule has 0 bridgehead atoms. The van der Waals surface area contributed by atoms with E-state index in [4.69, 9.17) is 17.0 Å². The van der Waals surface area contributed by atoms with Gasteiger partial charge in [-0.25, -0.2) is 4.39 Å². The lowest BCUT2D eigenvalue weighted by atomic mass is 9.96. The number of aromatic nitrogens is 2. The number of pyridine rings is 1. The summed E-state index contributed by atoms with van der Waals surface area (Å²) >= 11 is 5.76. The second kappa shape index (κ2) is 10.4. The van der Waals surface area contributed by atoms with Crippen molar-refractivity contribution in [3.05, 3.63) is 83.2 Å². The van der Waals surface area contributed by atoms with E-state index in [0.29, 0.717) is 10.8 Å². The smallest absolute Gasteiger partial charge is 0.174 e. The van der Waals surface area contributed by atoms with Crippen molar-refractivity contribution in [2.24, 2.45) is 0 Å². The van der Waals surface area contributed by atoms with Gasteiger partial charge in [0.15, 0.2) is 5.11 Å². The average molecular weight is 494 g/mol. The number of halogens is 1. The fourth-order valence-electron chi connectivity index (χ4n) is 5.33. The van der Waals surface area contributed by atoms with Crippen LogP contribution < -0.4 is 10.2 Å². The van der Waals surface area contributed by atoms with Gasteiger partial charge in [-0.1, -0.05) is 18.2 Å². The zero-order chi connectivity index (χ0) is 24.4. The zero-order valence-electron chi connectivity index (χ0n) is 20.3. The molecule has 2 aliphatic heterocycles. The van der Waals surface area contributed by atoms with Crippen LogP contribution in [0.25, 0.3) is 0 Å². The van der Waals surface area contributed by atoms with Crippen LogP contribution in [0.15, 0.2) is 54.7 Å². The maximum Gasteiger partial charge on any atom is 0.174 e. The van der Waals surface area contributed by atoms with Gasteiger partial charge in [0.2, 0.25) is 0 Å². The molecule has 2 aromatic heterocycles. The molecule has 2 aliphatic rings. The quantitative estimate of drug-likeness (QED) is 0.488. The van der Waals surface area contributed by atoms with Crippen molar-refractivity contribution in [2.75, 3.05) is 37.7 Å². The average Bonchev–Trinajstić information content (AvgIpc) is 3.36. The van der Waals surface area contributed by atoms with Crippen molar-refractivity contribution < 1.29 is 9.13 Å². The number of anilines is 1. The number of nitrogens with one attached hydrogen (secondary N) is 1. The van der Waals surface area contributed by atoms with Crippen LogP contribution in [0.5, 0.6) is 0 Å². The Labute approximate surface area is 211 Å². The second-order valence-electron chi connectivity index (χ2n) is 9.23. The molecule has 4 heterocycles. The van der Waals surface area contributed by atoms with Gasteiger partial charge in [-0.2, -0.15) is 0 Å².